The van der Waals surface area contributed by atoms with Crippen LogP contribution in [0.5, 0.6) is 0 Å². The predicted molar refractivity (Wildman–Crippen MR) is 49.7 cm³/mol. The number of aryl methyl sites for hydroxylation is 1. The van der Waals surface area contributed by atoms with Crippen LogP contribution < -0.4 is 0 Å². The Bertz CT molecular complexity index is 292. The molecule has 11 heavy (non-hydrogen) atoms. The van der Waals surface area contributed by atoms with Crippen LogP contribution in [-0.2, 0) is 0 Å². The smallest absolute Gasteiger partial charge is 0.0438 e. The number of aromatic nitrogens is 1. The monoisotopic (exact) mass is 149 g/mol. The van der Waals surface area contributed by atoms with Crippen molar-refractivity contribution in [3.63, 3.8) is 0 Å². The molecule has 1 N–H and O–H groups in total. The average molecular weight is 149 g/mol. The van der Waals surface area contributed by atoms with Crippen LogP contribution in [0.1, 0.15) is 29.4 Å². The highest BCUT2D eigenvalue weighted by Gasteiger charge is 2.06. The van der Waals surface area contributed by atoms with Gasteiger partial charge in [0.2, 0.25) is 0 Å². The first-order valence-electron chi connectivity index (χ1n) is 3.85. The Kier molecular flexibility index (Phi) is 1.90. The molecule has 1 aromatic heterocycles. The molecular formula is C10H15N. The molecule has 0 radical (unpaired) electrons. The van der Waals surface area contributed by atoms with Gasteiger partial charge in [-0.1, -0.05) is 6.58 Å². The lowest BCUT2D eigenvalue weighted by Crippen LogP contribution is -1.80. The summed E-state index contributed by atoms with van der Waals surface area (Å²) in [6.07, 6.45) is 0. The molecule has 0 aliphatic carbocycles. The fourth-order valence-corrected chi connectivity index (χ4v) is 1.27. The summed E-state index contributed by atoms with van der Waals surface area (Å²) in [4.78, 5) is 3.31. The predicted octanol–water partition coefficient (Wildman–Crippen LogP) is 2.97. The maximum Gasteiger partial charge on any atom is 0.0438 e. The molecule has 0 saturated heterocycles. The lowest BCUT2D eigenvalue weighted by Gasteiger charge is -1.96. The first-order chi connectivity index (χ1) is 5.04. The Labute approximate surface area is 68.1 Å². The molecule has 0 aliphatic heterocycles. The number of rotatable bonds is 1. The zero-order valence-corrected chi connectivity index (χ0v) is 7.71. The molecule has 0 bridgehead atoms. The van der Waals surface area contributed by atoms with Gasteiger partial charge in [-0.2, -0.15) is 0 Å². The van der Waals surface area contributed by atoms with Crippen molar-refractivity contribution in [1.82, 2.24) is 4.98 Å². The Morgan fingerprint density at radius 3 is 1.91 bits per heavy atom. The van der Waals surface area contributed by atoms with Gasteiger partial charge in [-0.3, -0.25) is 0 Å². The highest BCUT2D eigenvalue weighted by molar-refractivity contribution is 5.63. The zero-order chi connectivity index (χ0) is 8.59. The Morgan fingerprint density at radius 2 is 1.73 bits per heavy atom. The van der Waals surface area contributed by atoms with Crippen LogP contribution in [0.25, 0.3) is 5.57 Å². The van der Waals surface area contributed by atoms with E-state index in [2.05, 4.69) is 32.3 Å². The average Bonchev–Trinajstić information content (AvgIpc) is 2.17. The summed E-state index contributed by atoms with van der Waals surface area (Å²) in [6.45, 7) is 12.3. The summed E-state index contributed by atoms with van der Waals surface area (Å²) in [6, 6.07) is 0. The van der Waals surface area contributed by atoms with Crippen molar-refractivity contribution in [3.8, 4) is 0 Å². The van der Waals surface area contributed by atoms with Crippen molar-refractivity contribution < 1.29 is 0 Å². The minimum atomic E-state index is 1.11. The SMILES string of the molecule is C=C(C)c1[nH]c(C)c(C)c1C. The fraction of sp³-hybridized carbons (Fsp3) is 0.400. The van der Waals surface area contributed by atoms with Gasteiger partial charge in [0.05, 0.1) is 0 Å². The van der Waals surface area contributed by atoms with Gasteiger partial charge in [-0.25, -0.2) is 0 Å². The molecular weight excluding hydrogens is 134 g/mol. The second-order valence-electron chi connectivity index (χ2n) is 3.16. The zero-order valence-electron chi connectivity index (χ0n) is 7.71. The van der Waals surface area contributed by atoms with Crippen LogP contribution in [0.3, 0.4) is 0 Å². The van der Waals surface area contributed by atoms with Gasteiger partial charge >= 0.3 is 0 Å². The van der Waals surface area contributed by atoms with Gasteiger partial charge in [-0.05, 0) is 44.4 Å². The second-order valence-corrected chi connectivity index (χ2v) is 3.16. The number of nitrogens with one attached hydrogen (secondary N) is 1. The minimum Gasteiger partial charge on any atom is -0.358 e. The number of allylic oxidation sites excluding steroid dienone is 1. The maximum absolute atomic E-state index is 3.91. The van der Waals surface area contributed by atoms with Crippen molar-refractivity contribution in [1.29, 1.82) is 0 Å². The normalized spacial score (nSPS) is 10.2. The molecule has 0 fully saturated rings. The molecule has 0 saturated carbocycles. The largest absolute Gasteiger partial charge is 0.358 e. The van der Waals surface area contributed by atoms with Crippen molar-refractivity contribution >= 4 is 5.57 Å². The van der Waals surface area contributed by atoms with E-state index in [1.165, 1.54) is 22.5 Å². The number of aromatic amines is 1. The van der Waals surface area contributed by atoms with E-state index in [0.717, 1.165) is 5.57 Å². The van der Waals surface area contributed by atoms with Gasteiger partial charge in [0.15, 0.2) is 0 Å². The van der Waals surface area contributed by atoms with Crippen LogP contribution in [0.4, 0.5) is 0 Å². The van der Waals surface area contributed by atoms with Crippen molar-refractivity contribution in [2.45, 2.75) is 27.7 Å². The fourth-order valence-electron chi connectivity index (χ4n) is 1.27. The highest BCUT2D eigenvalue weighted by atomic mass is 14.7. The van der Waals surface area contributed by atoms with E-state index in [-0.39, 0.29) is 0 Å². The van der Waals surface area contributed by atoms with E-state index in [1.54, 1.807) is 0 Å². The number of H-pyrrole nitrogens is 1. The molecule has 0 unspecified atom stereocenters. The first-order valence-corrected chi connectivity index (χ1v) is 3.85. The van der Waals surface area contributed by atoms with Crippen LogP contribution in [-0.4, -0.2) is 4.98 Å². The lowest BCUT2D eigenvalue weighted by molar-refractivity contribution is 1.21. The van der Waals surface area contributed by atoms with E-state index in [0.29, 0.717) is 0 Å². The Morgan fingerprint density at radius 1 is 1.18 bits per heavy atom. The van der Waals surface area contributed by atoms with E-state index in [9.17, 15) is 0 Å². The molecule has 60 valence electrons. The van der Waals surface area contributed by atoms with Gasteiger partial charge in [0.25, 0.3) is 0 Å². The molecule has 1 nitrogen and oxygen atoms in total. The summed E-state index contributed by atoms with van der Waals surface area (Å²) < 4.78 is 0. The molecule has 0 atom stereocenters. The van der Waals surface area contributed by atoms with Crippen LogP contribution >= 0.6 is 0 Å². The van der Waals surface area contributed by atoms with Crippen molar-refractivity contribution in [3.05, 3.63) is 29.1 Å². The summed E-state index contributed by atoms with van der Waals surface area (Å²) in [5.41, 5.74) is 6.23. The molecule has 0 amide bonds. The van der Waals surface area contributed by atoms with Crippen LogP contribution in [0.15, 0.2) is 6.58 Å². The van der Waals surface area contributed by atoms with Crippen molar-refractivity contribution in [2.75, 3.05) is 0 Å². The third kappa shape index (κ3) is 1.23. The van der Waals surface area contributed by atoms with Gasteiger partial charge in [0.1, 0.15) is 0 Å². The summed E-state index contributed by atoms with van der Waals surface area (Å²) in [5, 5.41) is 0. The van der Waals surface area contributed by atoms with E-state index >= 15 is 0 Å². The summed E-state index contributed by atoms with van der Waals surface area (Å²) >= 11 is 0. The minimum absolute atomic E-state index is 1.11. The molecule has 0 aliphatic rings. The van der Waals surface area contributed by atoms with Gasteiger partial charge < -0.3 is 4.98 Å². The molecule has 0 aromatic carbocycles. The summed E-state index contributed by atoms with van der Waals surface area (Å²) in [5.74, 6) is 0. The molecule has 1 heteroatoms. The van der Waals surface area contributed by atoms with E-state index in [1.807, 2.05) is 6.92 Å². The third-order valence-electron chi connectivity index (χ3n) is 2.24. The van der Waals surface area contributed by atoms with Gasteiger partial charge in [0, 0.05) is 11.4 Å². The molecule has 1 rings (SSSR count). The quantitative estimate of drug-likeness (QED) is 0.631. The second kappa shape index (κ2) is 2.57. The maximum atomic E-state index is 3.91. The van der Waals surface area contributed by atoms with Gasteiger partial charge in [-0.15, -0.1) is 0 Å². The Hall–Kier alpha value is -0.980. The molecule has 1 aromatic rings. The van der Waals surface area contributed by atoms with Crippen LogP contribution in [0, 0.1) is 20.8 Å². The molecule has 1 heterocycles. The topological polar surface area (TPSA) is 15.8 Å². The van der Waals surface area contributed by atoms with Crippen molar-refractivity contribution in [2.24, 2.45) is 0 Å². The van der Waals surface area contributed by atoms with E-state index in [4.69, 9.17) is 0 Å². The number of hydrogen-bond donors (Lipinski definition) is 1. The Balaban J connectivity index is 3.29. The highest BCUT2D eigenvalue weighted by Crippen LogP contribution is 2.21. The number of hydrogen-bond acceptors (Lipinski definition) is 0. The van der Waals surface area contributed by atoms with E-state index < -0.39 is 0 Å². The van der Waals surface area contributed by atoms with Crippen LogP contribution in [0.2, 0.25) is 0 Å². The standard InChI is InChI=1S/C10H15N/c1-6(2)10-8(4)7(3)9(5)11-10/h11H,1H2,2-5H3. The summed E-state index contributed by atoms with van der Waals surface area (Å²) in [7, 11) is 0. The molecule has 0 spiro atoms. The lowest BCUT2D eigenvalue weighted by atomic mass is 10.1. The first kappa shape index (κ1) is 8.12. The third-order valence-corrected chi connectivity index (χ3v) is 2.24.